The minimum absolute atomic E-state index is 0.337. The molecular formula is C16H13BrClFO2. The molecular weight excluding hydrogens is 359 g/mol. The van der Waals surface area contributed by atoms with Crippen LogP contribution in [0.25, 0.3) is 0 Å². The Bertz CT molecular complexity index is 642. The summed E-state index contributed by atoms with van der Waals surface area (Å²) in [6, 6.07) is 10.3. The van der Waals surface area contributed by atoms with Crippen LogP contribution in [0.2, 0.25) is 0 Å². The molecule has 0 aliphatic carbocycles. The second-order valence-electron chi connectivity index (χ2n) is 4.75. The number of halogens is 3. The molecule has 1 heterocycles. The van der Waals surface area contributed by atoms with Gasteiger partial charge in [-0.25, -0.2) is 4.39 Å². The van der Waals surface area contributed by atoms with Crippen molar-refractivity contribution in [1.82, 2.24) is 0 Å². The molecule has 0 aromatic heterocycles. The Balaban J connectivity index is 1.98. The molecule has 0 saturated heterocycles. The van der Waals surface area contributed by atoms with E-state index in [1.165, 1.54) is 6.07 Å². The molecule has 2 aromatic carbocycles. The number of benzene rings is 2. The first-order valence-corrected chi connectivity index (χ1v) is 7.87. The third-order valence-corrected chi connectivity index (χ3v) is 4.48. The van der Waals surface area contributed by atoms with Gasteiger partial charge in [0.05, 0.1) is 18.6 Å². The minimum atomic E-state index is -0.599. The molecule has 2 nitrogen and oxygen atoms in total. The zero-order chi connectivity index (χ0) is 14.8. The maximum absolute atomic E-state index is 14.0. The van der Waals surface area contributed by atoms with E-state index in [1.54, 1.807) is 12.1 Å². The van der Waals surface area contributed by atoms with E-state index >= 15 is 0 Å². The number of alkyl halides is 1. The molecule has 0 amide bonds. The standard InChI is InChI=1S/C16H13BrClFO2/c17-11-3-1-4-12(19)15(11)16(18)10-5-6-13-14(9-10)21-8-2-7-20-13/h1,3-6,9,16H,2,7-8H2. The summed E-state index contributed by atoms with van der Waals surface area (Å²) in [7, 11) is 0. The zero-order valence-corrected chi connectivity index (χ0v) is 13.5. The van der Waals surface area contributed by atoms with Crippen molar-refractivity contribution < 1.29 is 13.9 Å². The van der Waals surface area contributed by atoms with Gasteiger partial charge in [0.15, 0.2) is 11.5 Å². The lowest BCUT2D eigenvalue weighted by Gasteiger charge is -2.15. The van der Waals surface area contributed by atoms with Crippen LogP contribution in [0.1, 0.15) is 22.9 Å². The van der Waals surface area contributed by atoms with Crippen molar-refractivity contribution in [2.75, 3.05) is 13.2 Å². The number of fused-ring (bicyclic) bond motifs is 1. The molecule has 1 aliphatic heterocycles. The van der Waals surface area contributed by atoms with Crippen molar-refractivity contribution in [3.63, 3.8) is 0 Å². The summed E-state index contributed by atoms with van der Waals surface area (Å²) in [6.45, 7) is 1.24. The van der Waals surface area contributed by atoms with E-state index in [-0.39, 0.29) is 5.82 Å². The molecule has 110 valence electrons. The van der Waals surface area contributed by atoms with Crippen molar-refractivity contribution >= 4 is 27.5 Å². The van der Waals surface area contributed by atoms with Crippen LogP contribution in [0.3, 0.4) is 0 Å². The summed E-state index contributed by atoms with van der Waals surface area (Å²) in [6.07, 6.45) is 0.840. The van der Waals surface area contributed by atoms with Gasteiger partial charge in [-0.05, 0) is 29.8 Å². The Hall–Kier alpha value is -1.26. The first-order valence-electron chi connectivity index (χ1n) is 6.64. The zero-order valence-electron chi connectivity index (χ0n) is 11.1. The summed E-state index contributed by atoms with van der Waals surface area (Å²) < 4.78 is 25.9. The van der Waals surface area contributed by atoms with E-state index in [4.69, 9.17) is 21.1 Å². The highest BCUT2D eigenvalue weighted by Gasteiger charge is 2.20. The Morgan fingerprint density at radius 3 is 2.62 bits per heavy atom. The minimum Gasteiger partial charge on any atom is -0.490 e. The van der Waals surface area contributed by atoms with Gasteiger partial charge in [0.1, 0.15) is 5.82 Å². The van der Waals surface area contributed by atoms with Gasteiger partial charge in [-0.2, -0.15) is 0 Å². The Labute approximate surface area is 136 Å². The number of hydrogen-bond donors (Lipinski definition) is 0. The van der Waals surface area contributed by atoms with Gasteiger partial charge in [0.2, 0.25) is 0 Å². The van der Waals surface area contributed by atoms with Crippen molar-refractivity contribution in [2.24, 2.45) is 0 Å². The maximum Gasteiger partial charge on any atom is 0.161 e. The average Bonchev–Trinajstić information content (AvgIpc) is 2.71. The predicted octanol–water partition coefficient (Wildman–Crippen LogP) is 5.08. The molecule has 1 unspecified atom stereocenters. The molecule has 5 heteroatoms. The largest absolute Gasteiger partial charge is 0.490 e. The summed E-state index contributed by atoms with van der Waals surface area (Å²) in [5.41, 5.74) is 1.19. The maximum atomic E-state index is 14.0. The quantitative estimate of drug-likeness (QED) is 0.686. The third-order valence-electron chi connectivity index (χ3n) is 3.32. The van der Waals surface area contributed by atoms with E-state index in [0.717, 1.165) is 12.0 Å². The second-order valence-corrected chi connectivity index (χ2v) is 6.05. The first-order chi connectivity index (χ1) is 10.2. The fraction of sp³-hybridized carbons (Fsp3) is 0.250. The SMILES string of the molecule is Fc1cccc(Br)c1C(Cl)c1ccc2c(c1)OCCCO2. The highest BCUT2D eigenvalue weighted by atomic mass is 79.9. The molecule has 0 spiro atoms. The van der Waals surface area contributed by atoms with Crippen molar-refractivity contribution in [2.45, 2.75) is 11.8 Å². The fourth-order valence-electron chi connectivity index (χ4n) is 2.26. The van der Waals surface area contributed by atoms with Gasteiger partial charge in [-0.15, -0.1) is 11.6 Å². The molecule has 3 rings (SSSR count). The molecule has 21 heavy (non-hydrogen) atoms. The lowest BCUT2D eigenvalue weighted by atomic mass is 10.0. The Morgan fingerprint density at radius 1 is 1.10 bits per heavy atom. The monoisotopic (exact) mass is 370 g/mol. The van der Waals surface area contributed by atoms with Gasteiger partial charge in [-0.1, -0.05) is 28.1 Å². The molecule has 0 N–H and O–H groups in total. The molecule has 2 aromatic rings. The van der Waals surface area contributed by atoms with Crippen LogP contribution >= 0.6 is 27.5 Å². The van der Waals surface area contributed by atoms with E-state index in [9.17, 15) is 4.39 Å². The van der Waals surface area contributed by atoms with Gasteiger partial charge in [-0.3, -0.25) is 0 Å². The van der Waals surface area contributed by atoms with Gasteiger partial charge in [0, 0.05) is 16.5 Å². The van der Waals surface area contributed by atoms with Crippen molar-refractivity contribution in [1.29, 1.82) is 0 Å². The van der Waals surface area contributed by atoms with Crippen LogP contribution in [0.4, 0.5) is 4.39 Å². The second kappa shape index (κ2) is 6.24. The number of rotatable bonds is 2. The first kappa shape index (κ1) is 14.7. The summed E-state index contributed by atoms with van der Waals surface area (Å²) in [5, 5.41) is -0.599. The average molecular weight is 372 g/mol. The lowest BCUT2D eigenvalue weighted by Crippen LogP contribution is -2.00. The van der Waals surface area contributed by atoms with E-state index in [1.807, 2.05) is 18.2 Å². The van der Waals surface area contributed by atoms with Crippen LogP contribution < -0.4 is 9.47 Å². The normalized spacial score (nSPS) is 15.4. The molecule has 0 bridgehead atoms. The summed E-state index contributed by atoms with van der Waals surface area (Å²) in [4.78, 5) is 0. The van der Waals surface area contributed by atoms with Gasteiger partial charge in [0.25, 0.3) is 0 Å². The molecule has 0 radical (unpaired) electrons. The summed E-state index contributed by atoms with van der Waals surface area (Å²) >= 11 is 9.81. The molecule has 0 saturated carbocycles. The van der Waals surface area contributed by atoms with Gasteiger partial charge >= 0.3 is 0 Å². The fourth-order valence-corrected chi connectivity index (χ4v) is 3.32. The summed E-state index contributed by atoms with van der Waals surface area (Å²) in [5.74, 6) is 1.02. The smallest absolute Gasteiger partial charge is 0.161 e. The van der Waals surface area contributed by atoms with E-state index in [0.29, 0.717) is 34.7 Å². The number of ether oxygens (including phenoxy) is 2. The van der Waals surface area contributed by atoms with Gasteiger partial charge < -0.3 is 9.47 Å². The van der Waals surface area contributed by atoms with Crippen LogP contribution in [-0.4, -0.2) is 13.2 Å². The highest BCUT2D eigenvalue weighted by Crippen LogP contribution is 2.39. The molecule has 1 atom stereocenters. The van der Waals surface area contributed by atoms with Crippen LogP contribution in [0.15, 0.2) is 40.9 Å². The predicted molar refractivity (Wildman–Crippen MR) is 83.8 cm³/mol. The van der Waals surface area contributed by atoms with E-state index < -0.39 is 5.38 Å². The topological polar surface area (TPSA) is 18.5 Å². The van der Waals surface area contributed by atoms with E-state index in [2.05, 4.69) is 15.9 Å². The van der Waals surface area contributed by atoms with Crippen LogP contribution in [-0.2, 0) is 0 Å². The Kier molecular flexibility index (Phi) is 4.36. The number of hydrogen-bond acceptors (Lipinski definition) is 2. The van der Waals surface area contributed by atoms with Crippen LogP contribution in [0.5, 0.6) is 11.5 Å². The van der Waals surface area contributed by atoms with Crippen molar-refractivity contribution in [3.05, 3.63) is 57.8 Å². The molecule has 0 fully saturated rings. The highest BCUT2D eigenvalue weighted by molar-refractivity contribution is 9.10. The van der Waals surface area contributed by atoms with Crippen LogP contribution in [0, 0.1) is 5.82 Å². The lowest BCUT2D eigenvalue weighted by molar-refractivity contribution is 0.297. The molecule has 1 aliphatic rings. The van der Waals surface area contributed by atoms with Crippen molar-refractivity contribution in [3.8, 4) is 11.5 Å². The third kappa shape index (κ3) is 3.01. The Morgan fingerprint density at radius 2 is 1.86 bits per heavy atom.